The van der Waals surface area contributed by atoms with E-state index in [-0.39, 0.29) is 13.6 Å². The molecule has 0 aliphatic carbocycles. The standard InChI is InChI=1S/C17H22O4/c1-13-8-14-6-4-5-7-15(14)17(10-21-12-19-3)16(13)9-20-11-18-2/h4-8H,9-12H2,1-3H3. The molecule has 4 nitrogen and oxygen atoms in total. The highest BCUT2D eigenvalue weighted by atomic mass is 16.7. The molecular formula is C17H22O4. The lowest BCUT2D eigenvalue weighted by atomic mass is 9.95. The van der Waals surface area contributed by atoms with Gasteiger partial charge in [-0.2, -0.15) is 0 Å². The Hall–Kier alpha value is -1.46. The van der Waals surface area contributed by atoms with E-state index in [4.69, 9.17) is 18.9 Å². The zero-order valence-corrected chi connectivity index (χ0v) is 12.8. The molecule has 0 saturated heterocycles. The Morgan fingerprint density at radius 1 is 0.857 bits per heavy atom. The molecule has 0 bridgehead atoms. The van der Waals surface area contributed by atoms with E-state index in [1.807, 2.05) is 12.1 Å². The molecule has 0 N–H and O–H groups in total. The number of aryl methyl sites for hydroxylation is 1. The van der Waals surface area contributed by atoms with E-state index in [0.29, 0.717) is 13.2 Å². The second-order valence-electron chi connectivity index (χ2n) is 4.88. The zero-order chi connectivity index (χ0) is 15.1. The molecular weight excluding hydrogens is 268 g/mol. The molecule has 0 unspecified atom stereocenters. The van der Waals surface area contributed by atoms with Crippen molar-refractivity contribution in [3.63, 3.8) is 0 Å². The Labute approximate surface area is 125 Å². The van der Waals surface area contributed by atoms with E-state index in [1.165, 1.54) is 16.3 Å². The molecule has 4 heteroatoms. The van der Waals surface area contributed by atoms with E-state index >= 15 is 0 Å². The summed E-state index contributed by atoms with van der Waals surface area (Å²) in [7, 11) is 3.24. The number of fused-ring (bicyclic) bond motifs is 1. The Balaban J connectivity index is 2.37. The molecule has 0 aromatic heterocycles. The maximum absolute atomic E-state index is 5.57. The van der Waals surface area contributed by atoms with Gasteiger partial charge >= 0.3 is 0 Å². The van der Waals surface area contributed by atoms with Crippen LogP contribution in [-0.2, 0) is 32.2 Å². The lowest BCUT2D eigenvalue weighted by molar-refractivity contribution is -0.0454. The number of methoxy groups -OCH3 is 2. The van der Waals surface area contributed by atoms with Crippen molar-refractivity contribution in [1.82, 2.24) is 0 Å². The molecule has 2 rings (SSSR count). The van der Waals surface area contributed by atoms with Crippen LogP contribution in [0.5, 0.6) is 0 Å². The summed E-state index contributed by atoms with van der Waals surface area (Å²) >= 11 is 0. The largest absolute Gasteiger partial charge is 0.359 e. The third kappa shape index (κ3) is 4.02. The second-order valence-corrected chi connectivity index (χ2v) is 4.88. The Kier molecular flexibility index (Phi) is 6.14. The molecule has 0 amide bonds. The van der Waals surface area contributed by atoms with Gasteiger partial charge in [-0.25, -0.2) is 0 Å². The fourth-order valence-electron chi connectivity index (χ4n) is 2.44. The second kappa shape index (κ2) is 8.10. The van der Waals surface area contributed by atoms with Crippen molar-refractivity contribution in [1.29, 1.82) is 0 Å². The Bertz CT molecular complexity index is 580. The van der Waals surface area contributed by atoms with Crippen LogP contribution in [0.2, 0.25) is 0 Å². The molecule has 0 saturated carbocycles. The molecule has 0 atom stereocenters. The van der Waals surface area contributed by atoms with Gasteiger partial charge in [0.05, 0.1) is 13.2 Å². The van der Waals surface area contributed by atoms with Gasteiger partial charge in [0.25, 0.3) is 0 Å². The third-order valence-corrected chi connectivity index (χ3v) is 3.39. The molecule has 0 aliphatic rings. The van der Waals surface area contributed by atoms with Crippen LogP contribution in [0.15, 0.2) is 30.3 Å². The Morgan fingerprint density at radius 2 is 1.48 bits per heavy atom. The lowest BCUT2D eigenvalue weighted by Crippen LogP contribution is -2.06. The van der Waals surface area contributed by atoms with Crippen molar-refractivity contribution in [2.45, 2.75) is 20.1 Å². The van der Waals surface area contributed by atoms with Crippen molar-refractivity contribution >= 4 is 10.8 Å². The number of benzene rings is 2. The normalized spacial score (nSPS) is 11.2. The fraction of sp³-hybridized carbons (Fsp3) is 0.412. The highest BCUT2D eigenvalue weighted by Crippen LogP contribution is 2.27. The summed E-state index contributed by atoms with van der Waals surface area (Å²) in [5, 5.41) is 2.40. The summed E-state index contributed by atoms with van der Waals surface area (Å²) in [4.78, 5) is 0. The van der Waals surface area contributed by atoms with Gasteiger partial charge in [0, 0.05) is 14.2 Å². The number of rotatable bonds is 8. The number of hydrogen-bond acceptors (Lipinski definition) is 4. The fourth-order valence-corrected chi connectivity index (χ4v) is 2.44. The molecule has 0 heterocycles. The highest BCUT2D eigenvalue weighted by Gasteiger charge is 2.11. The average Bonchev–Trinajstić information content (AvgIpc) is 2.49. The lowest BCUT2D eigenvalue weighted by Gasteiger charge is -2.16. The molecule has 2 aromatic carbocycles. The topological polar surface area (TPSA) is 36.9 Å². The third-order valence-electron chi connectivity index (χ3n) is 3.39. The molecule has 114 valence electrons. The molecule has 21 heavy (non-hydrogen) atoms. The van der Waals surface area contributed by atoms with Gasteiger partial charge in [-0.15, -0.1) is 0 Å². The van der Waals surface area contributed by atoms with Crippen LogP contribution in [0.4, 0.5) is 0 Å². The van der Waals surface area contributed by atoms with Gasteiger partial charge in [0.1, 0.15) is 13.6 Å². The summed E-state index contributed by atoms with van der Waals surface area (Å²) in [5.74, 6) is 0. The van der Waals surface area contributed by atoms with Crippen LogP contribution in [0.1, 0.15) is 16.7 Å². The summed E-state index contributed by atoms with van der Waals surface area (Å²) in [6.07, 6.45) is 0. The summed E-state index contributed by atoms with van der Waals surface area (Å²) in [5.41, 5.74) is 3.50. The minimum atomic E-state index is 0.278. The highest BCUT2D eigenvalue weighted by molar-refractivity contribution is 5.87. The summed E-state index contributed by atoms with van der Waals surface area (Å²) in [6, 6.07) is 10.5. The molecule has 0 spiro atoms. The SMILES string of the molecule is COCOCc1c(C)cc2ccccc2c1COCOC. The van der Waals surface area contributed by atoms with Crippen LogP contribution in [0, 0.1) is 6.92 Å². The van der Waals surface area contributed by atoms with E-state index in [0.717, 1.165) is 11.1 Å². The van der Waals surface area contributed by atoms with Crippen LogP contribution in [-0.4, -0.2) is 27.8 Å². The molecule has 0 aliphatic heterocycles. The quantitative estimate of drug-likeness (QED) is 0.551. The van der Waals surface area contributed by atoms with Gasteiger partial charge < -0.3 is 18.9 Å². The van der Waals surface area contributed by atoms with E-state index in [9.17, 15) is 0 Å². The van der Waals surface area contributed by atoms with Gasteiger partial charge in [-0.3, -0.25) is 0 Å². The van der Waals surface area contributed by atoms with Crippen LogP contribution in [0.25, 0.3) is 10.8 Å². The van der Waals surface area contributed by atoms with Crippen molar-refractivity contribution in [3.8, 4) is 0 Å². The van der Waals surface area contributed by atoms with E-state index in [2.05, 4.69) is 25.1 Å². The first kappa shape index (κ1) is 15.9. The van der Waals surface area contributed by atoms with Crippen LogP contribution in [0.3, 0.4) is 0 Å². The first-order valence-electron chi connectivity index (χ1n) is 6.91. The number of hydrogen-bond donors (Lipinski definition) is 0. The minimum Gasteiger partial charge on any atom is -0.359 e. The van der Waals surface area contributed by atoms with Crippen LogP contribution < -0.4 is 0 Å². The van der Waals surface area contributed by atoms with Gasteiger partial charge in [0.2, 0.25) is 0 Å². The first-order chi connectivity index (χ1) is 10.3. The number of ether oxygens (including phenoxy) is 4. The molecule has 0 fully saturated rings. The van der Waals surface area contributed by atoms with Crippen LogP contribution >= 0.6 is 0 Å². The van der Waals surface area contributed by atoms with E-state index in [1.54, 1.807) is 14.2 Å². The monoisotopic (exact) mass is 290 g/mol. The first-order valence-corrected chi connectivity index (χ1v) is 6.91. The molecule has 2 aromatic rings. The zero-order valence-electron chi connectivity index (χ0n) is 12.8. The molecule has 0 radical (unpaired) electrons. The van der Waals surface area contributed by atoms with Gasteiger partial charge in [0.15, 0.2) is 0 Å². The summed E-state index contributed by atoms with van der Waals surface area (Å²) in [6.45, 7) is 3.67. The van der Waals surface area contributed by atoms with Crippen molar-refractivity contribution < 1.29 is 18.9 Å². The average molecular weight is 290 g/mol. The summed E-state index contributed by atoms with van der Waals surface area (Å²) < 4.78 is 21.0. The predicted octanol–water partition coefficient (Wildman–Crippen LogP) is 3.39. The maximum Gasteiger partial charge on any atom is 0.146 e. The van der Waals surface area contributed by atoms with Gasteiger partial charge in [-0.1, -0.05) is 30.3 Å². The van der Waals surface area contributed by atoms with Crippen molar-refractivity contribution in [2.75, 3.05) is 27.8 Å². The van der Waals surface area contributed by atoms with Crippen molar-refractivity contribution in [2.24, 2.45) is 0 Å². The maximum atomic E-state index is 5.57. The minimum absolute atomic E-state index is 0.278. The predicted molar refractivity (Wildman–Crippen MR) is 82.0 cm³/mol. The smallest absolute Gasteiger partial charge is 0.146 e. The van der Waals surface area contributed by atoms with Gasteiger partial charge in [-0.05, 0) is 34.4 Å². The van der Waals surface area contributed by atoms with Crippen molar-refractivity contribution in [3.05, 3.63) is 47.0 Å². The van der Waals surface area contributed by atoms with E-state index < -0.39 is 0 Å². The Morgan fingerprint density at radius 3 is 2.14 bits per heavy atom.